The Morgan fingerprint density at radius 3 is 3.00 bits per heavy atom. The fourth-order valence-corrected chi connectivity index (χ4v) is 3.62. The summed E-state index contributed by atoms with van der Waals surface area (Å²) in [4.78, 5) is 4.96. The lowest BCUT2D eigenvalue weighted by Crippen LogP contribution is -2.58. The summed E-state index contributed by atoms with van der Waals surface area (Å²) < 4.78 is 14.0. The van der Waals surface area contributed by atoms with Gasteiger partial charge in [0.25, 0.3) is 0 Å². The van der Waals surface area contributed by atoms with Gasteiger partial charge in [-0.05, 0) is 44.5 Å². The lowest BCUT2D eigenvalue weighted by molar-refractivity contribution is 0.0106. The van der Waals surface area contributed by atoms with E-state index in [0.717, 1.165) is 13.1 Å². The molecule has 0 N–H and O–H groups in total. The van der Waals surface area contributed by atoms with Gasteiger partial charge in [0.05, 0.1) is 11.6 Å². The number of hydrogen-bond donors (Lipinski definition) is 0. The highest BCUT2D eigenvalue weighted by atomic mass is 19.1. The molecule has 1 aromatic carbocycles. The Kier molecular flexibility index (Phi) is 4.23. The predicted molar refractivity (Wildman–Crippen MR) is 80.2 cm³/mol. The van der Waals surface area contributed by atoms with Gasteiger partial charge in [-0.3, -0.25) is 9.80 Å². The highest BCUT2D eigenvalue weighted by Crippen LogP contribution is 2.25. The van der Waals surface area contributed by atoms with E-state index in [1.807, 2.05) is 0 Å². The number of piperazine rings is 1. The van der Waals surface area contributed by atoms with E-state index in [9.17, 15) is 4.39 Å². The topological polar surface area (TPSA) is 30.3 Å². The van der Waals surface area contributed by atoms with Gasteiger partial charge in [-0.15, -0.1) is 0 Å². The largest absolute Gasteiger partial charge is 0.298 e. The van der Waals surface area contributed by atoms with E-state index in [-0.39, 0.29) is 5.82 Å². The fourth-order valence-electron chi connectivity index (χ4n) is 3.62. The first-order valence-electron chi connectivity index (χ1n) is 7.84. The average molecular weight is 287 g/mol. The first-order valence-corrected chi connectivity index (χ1v) is 7.84. The SMILES string of the molecule is CC1CN2CCCCC2CN1Cc1cc(C#N)ccc1F. The van der Waals surface area contributed by atoms with Gasteiger partial charge in [0.2, 0.25) is 0 Å². The van der Waals surface area contributed by atoms with Crippen molar-refractivity contribution in [3.63, 3.8) is 0 Å². The molecule has 2 aliphatic heterocycles. The van der Waals surface area contributed by atoms with Crippen molar-refractivity contribution < 1.29 is 4.39 Å². The standard InChI is InChI=1S/C17H22FN3/c1-13-10-20-7-3-2-4-16(20)12-21(13)11-15-8-14(9-19)5-6-17(15)18/h5-6,8,13,16H,2-4,7,10-12H2,1H3. The van der Waals surface area contributed by atoms with Crippen LogP contribution in [-0.2, 0) is 6.54 Å². The minimum absolute atomic E-state index is 0.202. The van der Waals surface area contributed by atoms with E-state index in [4.69, 9.17) is 5.26 Å². The summed E-state index contributed by atoms with van der Waals surface area (Å²) in [5.74, 6) is -0.202. The summed E-state index contributed by atoms with van der Waals surface area (Å²) in [6.07, 6.45) is 3.87. The van der Waals surface area contributed by atoms with Crippen LogP contribution in [0.1, 0.15) is 37.3 Å². The molecule has 1 aromatic rings. The Hall–Kier alpha value is -1.44. The normalized spacial score (nSPS) is 27.1. The first kappa shape index (κ1) is 14.5. The van der Waals surface area contributed by atoms with Gasteiger partial charge in [0.1, 0.15) is 5.82 Å². The molecule has 3 nitrogen and oxygen atoms in total. The van der Waals surface area contributed by atoms with E-state index in [2.05, 4.69) is 22.8 Å². The second-order valence-electron chi connectivity index (χ2n) is 6.34. The molecule has 112 valence electrons. The molecule has 0 aromatic heterocycles. The van der Waals surface area contributed by atoms with E-state index in [1.165, 1.54) is 31.9 Å². The van der Waals surface area contributed by atoms with Crippen molar-refractivity contribution in [1.82, 2.24) is 9.80 Å². The summed E-state index contributed by atoms with van der Waals surface area (Å²) in [6, 6.07) is 7.80. The minimum atomic E-state index is -0.202. The van der Waals surface area contributed by atoms with Gasteiger partial charge in [-0.2, -0.15) is 5.26 Å². The quantitative estimate of drug-likeness (QED) is 0.838. The molecule has 0 radical (unpaired) electrons. The van der Waals surface area contributed by atoms with Crippen molar-refractivity contribution in [2.24, 2.45) is 0 Å². The molecule has 0 spiro atoms. The summed E-state index contributed by atoms with van der Waals surface area (Å²) in [5.41, 5.74) is 1.18. The smallest absolute Gasteiger partial charge is 0.127 e. The van der Waals surface area contributed by atoms with Gasteiger partial charge >= 0.3 is 0 Å². The molecule has 2 saturated heterocycles. The van der Waals surface area contributed by atoms with E-state index >= 15 is 0 Å². The number of benzene rings is 1. The molecule has 0 saturated carbocycles. The third-order valence-corrected chi connectivity index (χ3v) is 4.86. The van der Waals surface area contributed by atoms with Gasteiger partial charge in [-0.1, -0.05) is 6.42 Å². The number of hydrogen-bond acceptors (Lipinski definition) is 3. The number of halogens is 1. The minimum Gasteiger partial charge on any atom is -0.298 e. The van der Waals surface area contributed by atoms with Crippen LogP contribution in [0.5, 0.6) is 0 Å². The number of nitrogens with zero attached hydrogens (tertiary/aromatic N) is 3. The Bertz CT molecular complexity index is 551. The van der Waals surface area contributed by atoms with Gasteiger partial charge in [-0.25, -0.2) is 4.39 Å². The molecule has 2 atom stereocenters. The van der Waals surface area contributed by atoms with Crippen molar-refractivity contribution >= 4 is 0 Å². The van der Waals surface area contributed by atoms with E-state index in [0.29, 0.717) is 29.8 Å². The zero-order chi connectivity index (χ0) is 14.8. The molecule has 3 rings (SSSR count). The second-order valence-corrected chi connectivity index (χ2v) is 6.34. The zero-order valence-electron chi connectivity index (χ0n) is 12.6. The van der Waals surface area contributed by atoms with Gasteiger partial charge in [0, 0.05) is 37.3 Å². The molecule has 2 unspecified atom stereocenters. The van der Waals surface area contributed by atoms with Gasteiger partial charge in [0.15, 0.2) is 0 Å². The summed E-state index contributed by atoms with van der Waals surface area (Å²) in [6.45, 7) is 6.12. The summed E-state index contributed by atoms with van der Waals surface area (Å²) >= 11 is 0. The molecule has 4 heteroatoms. The lowest BCUT2D eigenvalue weighted by atomic mass is 9.96. The van der Waals surface area contributed by atoms with Crippen LogP contribution in [0.2, 0.25) is 0 Å². The molecule has 2 fully saturated rings. The Morgan fingerprint density at radius 2 is 2.19 bits per heavy atom. The third kappa shape index (κ3) is 3.09. The Morgan fingerprint density at radius 1 is 1.33 bits per heavy atom. The van der Waals surface area contributed by atoms with Crippen molar-refractivity contribution in [3.05, 3.63) is 35.1 Å². The van der Waals surface area contributed by atoms with Crippen LogP contribution in [0.3, 0.4) is 0 Å². The van der Waals surface area contributed by atoms with Crippen LogP contribution in [0.25, 0.3) is 0 Å². The third-order valence-electron chi connectivity index (χ3n) is 4.86. The van der Waals surface area contributed by atoms with Crippen LogP contribution >= 0.6 is 0 Å². The number of rotatable bonds is 2. The van der Waals surface area contributed by atoms with E-state index in [1.54, 1.807) is 12.1 Å². The first-order chi connectivity index (χ1) is 10.2. The fraction of sp³-hybridized carbons (Fsp3) is 0.588. The highest BCUT2D eigenvalue weighted by Gasteiger charge is 2.33. The van der Waals surface area contributed by atoms with Crippen LogP contribution < -0.4 is 0 Å². The number of nitriles is 1. The predicted octanol–water partition coefficient (Wildman–Crippen LogP) is 2.76. The zero-order valence-corrected chi connectivity index (χ0v) is 12.6. The average Bonchev–Trinajstić information content (AvgIpc) is 2.50. The maximum atomic E-state index is 14.0. The molecule has 0 amide bonds. The van der Waals surface area contributed by atoms with Crippen LogP contribution in [-0.4, -0.2) is 41.5 Å². The Balaban J connectivity index is 1.74. The van der Waals surface area contributed by atoms with Crippen LogP contribution in [0.15, 0.2) is 18.2 Å². The van der Waals surface area contributed by atoms with Gasteiger partial charge < -0.3 is 0 Å². The molecular weight excluding hydrogens is 265 g/mol. The molecule has 21 heavy (non-hydrogen) atoms. The highest BCUT2D eigenvalue weighted by molar-refractivity contribution is 5.33. The Labute approximate surface area is 126 Å². The molecule has 2 aliphatic rings. The number of fused-ring (bicyclic) bond motifs is 1. The van der Waals surface area contributed by atoms with Crippen molar-refractivity contribution in [1.29, 1.82) is 5.26 Å². The maximum Gasteiger partial charge on any atom is 0.127 e. The summed E-state index contributed by atoms with van der Waals surface area (Å²) in [5, 5.41) is 8.97. The summed E-state index contributed by atoms with van der Waals surface area (Å²) in [7, 11) is 0. The van der Waals surface area contributed by atoms with Crippen LogP contribution in [0, 0.1) is 17.1 Å². The van der Waals surface area contributed by atoms with Crippen LogP contribution in [0.4, 0.5) is 4.39 Å². The van der Waals surface area contributed by atoms with Crippen molar-refractivity contribution in [2.75, 3.05) is 19.6 Å². The molecule has 0 bridgehead atoms. The van der Waals surface area contributed by atoms with Crippen molar-refractivity contribution in [3.8, 4) is 6.07 Å². The van der Waals surface area contributed by atoms with E-state index < -0.39 is 0 Å². The lowest BCUT2D eigenvalue weighted by Gasteiger charge is -2.47. The molecule has 2 heterocycles. The monoisotopic (exact) mass is 287 g/mol. The molecule has 0 aliphatic carbocycles. The second kappa shape index (κ2) is 6.13. The maximum absolute atomic E-state index is 14.0. The molecular formula is C17H22FN3. The number of piperidine rings is 1. The van der Waals surface area contributed by atoms with Crippen molar-refractivity contribution in [2.45, 2.75) is 44.8 Å².